The standard InChI is InChI=1S/C16H14BrNO2S/c1-21-15-12-4-2-3-11(13(12)18-16(15)20)14(19)9-5-7-10(17)8-6-9/h2-8,15-16,18,20H,1H3. The second-order valence-electron chi connectivity index (χ2n) is 4.85. The number of aliphatic hydroxyl groups is 1. The molecule has 5 heteroatoms. The summed E-state index contributed by atoms with van der Waals surface area (Å²) in [5, 5.41) is 13.1. The van der Waals surface area contributed by atoms with Crippen molar-refractivity contribution in [1.82, 2.24) is 0 Å². The molecule has 0 amide bonds. The van der Waals surface area contributed by atoms with Gasteiger partial charge in [0.15, 0.2) is 5.78 Å². The average Bonchev–Trinajstić information content (AvgIpc) is 2.82. The lowest BCUT2D eigenvalue weighted by atomic mass is 9.99. The van der Waals surface area contributed by atoms with Crippen molar-refractivity contribution in [3.63, 3.8) is 0 Å². The van der Waals surface area contributed by atoms with E-state index in [0.29, 0.717) is 11.1 Å². The van der Waals surface area contributed by atoms with Gasteiger partial charge in [-0.3, -0.25) is 4.79 Å². The van der Waals surface area contributed by atoms with E-state index < -0.39 is 6.23 Å². The summed E-state index contributed by atoms with van der Waals surface area (Å²) in [4.78, 5) is 12.7. The summed E-state index contributed by atoms with van der Waals surface area (Å²) >= 11 is 4.94. The molecule has 2 atom stereocenters. The molecule has 0 saturated carbocycles. The van der Waals surface area contributed by atoms with Gasteiger partial charge >= 0.3 is 0 Å². The highest BCUT2D eigenvalue weighted by atomic mass is 79.9. The molecule has 0 radical (unpaired) electrons. The third-order valence-corrected chi connectivity index (χ3v) is 5.14. The zero-order chi connectivity index (χ0) is 15.0. The molecule has 2 unspecified atom stereocenters. The highest BCUT2D eigenvalue weighted by Gasteiger charge is 2.32. The highest BCUT2D eigenvalue weighted by molar-refractivity contribution is 9.10. The zero-order valence-electron chi connectivity index (χ0n) is 11.3. The third-order valence-electron chi connectivity index (χ3n) is 3.59. The fraction of sp³-hybridized carbons (Fsp3) is 0.188. The number of aliphatic hydroxyl groups excluding tert-OH is 1. The van der Waals surface area contributed by atoms with Crippen molar-refractivity contribution in [2.45, 2.75) is 11.5 Å². The van der Waals surface area contributed by atoms with E-state index in [0.717, 1.165) is 15.7 Å². The minimum Gasteiger partial charge on any atom is -0.372 e. The number of para-hydroxylation sites is 1. The quantitative estimate of drug-likeness (QED) is 0.813. The van der Waals surface area contributed by atoms with Crippen LogP contribution in [0.1, 0.15) is 26.7 Å². The van der Waals surface area contributed by atoms with Crippen LogP contribution in [0.25, 0.3) is 0 Å². The summed E-state index contributed by atoms with van der Waals surface area (Å²) in [6.45, 7) is 0. The van der Waals surface area contributed by atoms with Gasteiger partial charge < -0.3 is 10.4 Å². The summed E-state index contributed by atoms with van der Waals surface area (Å²) < 4.78 is 0.938. The van der Waals surface area contributed by atoms with E-state index in [1.54, 1.807) is 30.0 Å². The number of hydrogen-bond acceptors (Lipinski definition) is 4. The molecular formula is C16H14BrNO2S. The number of fused-ring (bicyclic) bond motifs is 1. The molecular weight excluding hydrogens is 350 g/mol. The molecule has 3 rings (SSSR count). The van der Waals surface area contributed by atoms with Crippen molar-refractivity contribution in [3.8, 4) is 0 Å². The van der Waals surface area contributed by atoms with E-state index in [2.05, 4.69) is 21.2 Å². The summed E-state index contributed by atoms with van der Waals surface area (Å²) in [6, 6.07) is 12.9. The van der Waals surface area contributed by atoms with E-state index in [1.165, 1.54) is 0 Å². The fourth-order valence-corrected chi connectivity index (χ4v) is 3.60. The normalized spacial score (nSPS) is 20.0. The smallest absolute Gasteiger partial charge is 0.195 e. The van der Waals surface area contributed by atoms with Crippen LogP contribution in [0.5, 0.6) is 0 Å². The highest BCUT2D eigenvalue weighted by Crippen LogP contribution is 2.43. The minimum atomic E-state index is -0.658. The predicted octanol–water partition coefficient (Wildman–Crippen LogP) is 3.83. The van der Waals surface area contributed by atoms with Gasteiger partial charge in [0.1, 0.15) is 6.23 Å². The van der Waals surface area contributed by atoms with Gasteiger partial charge in [0.2, 0.25) is 0 Å². The second-order valence-corrected chi connectivity index (χ2v) is 6.75. The predicted molar refractivity (Wildman–Crippen MR) is 89.9 cm³/mol. The van der Waals surface area contributed by atoms with E-state index in [9.17, 15) is 9.90 Å². The number of ketones is 1. The van der Waals surface area contributed by atoms with Gasteiger partial charge in [0, 0.05) is 15.6 Å². The first-order chi connectivity index (χ1) is 10.1. The first-order valence-corrected chi connectivity index (χ1v) is 8.60. The molecule has 2 aromatic carbocycles. The Kier molecular flexibility index (Phi) is 4.06. The van der Waals surface area contributed by atoms with Crippen molar-refractivity contribution in [2.24, 2.45) is 0 Å². The van der Waals surface area contributed by atoms with Gasteiger partial charge in [-0.25, -0.2) is 0 Å². The van der Waals surface area contributed by atoms with Gasteiger partial charge in [0.25, 0.3) is 0 Å². The number of halogens is 1. The Hall–Kier alpha value is -1.30. The maximum absolute atomic E-state index is 12.7. The Morgan fingerprint density at radius 2 is 1.95 bits per heavy atom. The fourth-order valence-electron chi connectivity index (χ4n) is 2.56. The lowest BCUT2D eigenvalue weighted by Gasteiger charge is -2.10. The van der Waals surface area contributed by atoms with Crippen LogP contribution in [0.2, 0.25) is 0 Å². The summed E-state index contributed by atoms with van der Waals surface area (Å²) in [6.07, 6.45) is 1.29. The molecule has 0 saturated heterocycles. The summed E-state index contributed by atoms with van der Waals surface area (Å²) in [5.74, 6) is -0.0409. The SMILES string of the molecule is CSC1c2cccc(C(=O)c3ccc(Br)cc3)c2NC1O. The zero-order valence-corrected chi connectivity index (χ0v) is 13.7. The number of carbonyl (C=O) groups is 1. The van der Waals surface area contributed by atoms with E-state index in [-0.39, 0.29) is 11.0 Å². The van der Waals surface area contributed by atoms with Crippen LogP contribution in [0, 0.1) is 0 Å². The van der Waals surface area contributed by atoms with Gasteiger partial charge in [-0.15, -0.1) is 0 Å². The van der Waals surface area contributed by atoms with Crippen molar-refractivity contribution >= 4 is 39.2 Å². The van der Waals surface area contributed by atoms with Crippen molar-refractivity contribution < 1.29 is 9.90 Å². The molecule has 3 nitrogen and oxygen atoms in total. The van der Waals surface area contributed by atoms with Crippen LogP contribution < -0.4 is 5.32 Å². The monoisotopic (exact) mass is 363 g/mol. The Bertz CT molecular complexity index is 687. The number of hydrogen-bond donors (Lipinski definition) is 2. The maximum atomic E-state index is 12.7. The Balaban J connectivity index is 2.03. The Labute approximate surface area is 135 Å². The van der Waals surface area contributed by atoms with Crippen LogP contribution in [-0.2, 0) is 0 Å². The van der Waals surface area contributed by atoms with Gasteiger partial charge in [-0.1, -0.05) is 28.1 Å². The maximum Gasteiger partial charge on any atom is 0.195 e. The Morgan fingerprint density at radius 1 is 1.24 bits per heavy atom. The van der Waals surface area contributed by atoms with Crippen LogP contribution >= 0.6 is 27.7 Å². The first-order valence-electron chi connectivity index (χ1n) is 6.52. The van der Waals surface area contributed by atoms with Gasteiger partial charge in [-0.05, 0) is 42.2 Å². The molecule has 0 aliphatic carbocycles. The molecule has 0 bridgehead atoms. The summed E-state index contributed by atoms with van der Waals surface area (Å²) in [5.41, 5.74) is 2.97. The van der Waals surface area contributed by atoms with Crippen molar-refractivity contribution in [2.75, 3.05) is 11.6 Å². The molecule has 1 aliphatic rings. The lowest BCUT2D eigenvalue weighted by Crippen LogP contribution is -2.17. The molecule has 0 fully saturated rings. The van der Waals surface area contributed by atoms with Gasteiger partial charge in [-0.2, -0.15) is 11.8 Å². The number of benzene rings is 2. The van der Waals surface area contributed by atoms with Crippen molar-refractivity contribution in [1.29, 1.82) is 0 Å². The lowest BCUT2D eigenvalue weighted by molar-refractivity contribution is 0.103. The van der Waals surface area contributed by atoms with Gasteiger partial charge in [0.05, 0.1) is 10.9 Å². The van der Waals surface area contributed by atoms with Crippen LogP contribution in [0.15, 0.2) is 46.9 Å². The van der Waals surface area contributed by atoms with Crippen LogP contribution in [-0.4, -0.2) is 23.4 Å². The number of carbonyl (C=O) groups excluding carboxylic acids is 1. The molecule has 1 aliphatic heterocycles. The average molecular weight is 364 g/mol. The molecule has 0 spiro atoms. The van der Waals surface area contributed by atoms with Crippen LogP contribution in [0.4, 0.5) is 5.69 Å². The Morgan fingerprint density at radius 3 is 2.62 bits per heavy atom. The molecule has 2 N–H and O–H groups in total. The molecule has 1 heterocycles. The van der Waals surface area contributed by atoms with Crippen molar-refractivity contribution in [3.05, 3.63) is 63.6 Å². The molecule has 21 heavy (non-hydrogen) atoms. The summed E-state index contributed by atoms with van der Waals surface area (Å²) in [7, 11) is 0. The topological polar surface area (TPSA) is 49.3 Å². The minimum absolute atomic E-state index is 0.0409. The molecule has 2 aromatic rings. The number of nitrogens with one attached hydrogen (secondary N) is 1. The van der Waals surface area contributed by atoms with E-state index >= 15 is 0 Å². The number of anilines is 1. The largest absolute Gasteiger partial charge is 0.372 e. The van der Waals surface area contributed by atoms with E-state index in [1.807, 2.05) is 30.5 Å². The number of thioether (sulfide) groups is 1. The first kappa shape index (κ1) is 14.6. The van der Waals surface area contributed by atoms with Crippen LogP contribution in [0.3, 0.4) is 0 Å². The molecule has 0 aromatic heterocycles. The second kappa shape index (κ2) is 5.83. The number of rotatable bonds is 3. The molecule has 108 valence electrons. The third kappa shape index (κ3) is 2.61. The van der Waals surface area contributed by atoms with E-state index in [4.69, 9.17) is 0 Å².